The van der Waals surface area contributed by atoms with E-state index in [0.29, 0.717) is 18.1 Å². The Morgan fingerprint density at radius 2 is 1.90 bits per heavy atom. The highest BCUT2D eigenvalue weighted by Crippen LogP contribution is 2.30. The zero-order valence-corrected chi connectivity index (χ0v) is 13.7. The number of hydrogen-bond acceptors (Lipinski definition) is 3. The van der Waals surface area contributed by atoms with Gasteiger partial charge < -0.3 is 15.2 Å². The van der Waals surface area contributed by atoms with Crippen LogP contribution in [0.3, 0.4) is 0 Å². The van der Waals surface area contributed by atoms with Gasteiger partial charge in [0.25, 0.3) is 0 Å². The molecule has 1 aromatic carbocycles. The standard InChI is InChI=1S/C16H26ClNO2/c1-5-16(6-2,20-7-3)15(18)11-12-10-13(17)8-9-14(12)19-4/h8-10,15H,5-7,11,18H2,1-4H3. The second-order valence-corrected chi connectivity index (χ2v) is 5.41. The van der Waals surface area contributed by atoms with E-state index in [2.05, 4.69) is 13.8 Å². The van der Waals surface area contributed by atoms with Gasteiger partial charge in [-0.3, -0.25) is 0 Å². The van der Waals surface area contributed by atoms with Crippen molar-refractivity contribution in [3.63, 3.8) is 0 Å². The van der Waals surface area contributed by atoms with Gasteiger partial charge in [-0.2, -0.15) is 0 Å². The van der Waals surface area contributed by atoms with Gasteiger partial charge in [0.1, 0.15) is 5.75 Å². The zero-order valence-electron chi connectivity index (χ0n) is 12.9. The summed E-state index contributed by atoms with van der Waals surface area (Å²) in [5.41, 5.74) is 7.18. The lowest BCUT2D eigenvalue weighted by atomic mass is 9.85. The maximum atomic E-state index is 6.44. The Kier molecular flexibility index (Phi) is 6.80. The topological polar surface area (TPSA) is 44.5 Å². The van der Waals surface area contributed by atoms with Crippen molar-refractivity contribution >= 4 is 11.6 Å². The van der Waals surface area contributed by atoms with Gasteiger partial charge in [0, 0.05) is 17.7 Å². The first kappa shape index (κ1) is 17.3. The van der Waals surface area contributed by atoms with Crippen molar-refractivity contribution < 1.29 is 9.47 Å². The smallest absolute Gasteiger partial charge is 0.122 e. The van der Waals surface area contributed by atoms with Crippen molar-refractivity contribution in [2.45, 2.75) is 51.7 Å². The molecule has 0 amide bonds. The molecule has 0 fully saturated rings. The van der Waals surface area contributed by atoms with Gasteiger partial charge in [0.15, 0.2) is 0 Å². The van der Waals surface area contributed by atoms with Crippen LogP contribution in [0.2, 0.25) is 5.02 Å². The molecular formula is C16H26ClNO2. The Hall–Kier alpha value is -0.770. The van der Waals surface area contributed by atoms with Crippen LogP contribution >= 0.6 is 11.6 Å². The maximum Gasteiger partial charge on any atom is 0.122 e. The lowest BCUT2D eigenvalue weighted by molar-refractivity contribution is -0.0634. The van der Waals surface area contributed by atoms with Gasteiger partial charge in [-0.05, 0) is 49.9 Å². The van der Waals surface area contributed by atoms with Crippen molar-refractivity contribution in [3.8, 4) is 5.75 Å². The van der Waals surface area contributed by atoms with Crippen molar-refractivity contribution in [1.29, 1.82) is 0 Å². The zero-order chi connectivity index (χ0) is 15.2. The molecule has 1 unspecified atom stereocenters. The molecule has 0 spiro atoms. The molecule has 0 radical (unpaired) electrons. The average molecular weight is 300 g/mol. The van der Waals surface area contributed by atoms with Crippen molar-refractivity contribution in [3.05, 3.63) is 28.8 Å². The molecule has 3 nitrogen and oxygen atoms in total. The van der Waals surface area contributed by atoms with Gasteiger partial charge in [-0.25, -0.2) is 0 Å². The number of benzene rings is 1. The molecule has 114 valence electrons. The fraction of sp³-hybridized carbons (Fsp3) is 0.625. The molecule has 4 heteroatoms. The number of hydrogen-bond donors (Lipinski definition) is 1. The van der Waals surface area contributed by atoms with Crippen LogP contribution in [-0.2, 0) is 11.2 Å². The molecule has 0 saturated carbocycles. The van der Waals surface area contributed by atoms with E-state index < -0.39 is 0 Å². The molecule has 20 heavy (non-hydrogen) atoms. The average Bonchev–Trinajstić information content (AvgIpc) is 2.45. The maximum absolute atomic E-state index is 6.44. The van der Waals surface area contributed by atoms with Crippen LogP contribution in [0.5, 0.6) is 5.75 Å². The summed E-state index contributed by atoms with van der Waals surface area (Å²) in [6, 6.07) is 5.53. The lowest BCUT2D eigenvalue weighted by Gasteiger charge is -2.37. The van der Waals surface area contributed by atoms with E-state index in [1.807, 2.05) is 25.1 Å². The predicted octanol–water partition coefficient (Wildman–Crippen LogP) is 3.81. The first-order valence-corrected chi connectivity index (χ1v) is 7.62. The molecule has 0 aliphatic carbocycles. The number of nitrogens with two attached hydrogens (primary N) is 1. The molecule has 0 aromatic heterocycles. The highest BCUT2D eigenvalue weighted by atomic mass is 35.5. The van der Waals surface area contributed by atoms with Gasteiger partial charge in [-0.15, -0.1) is 0 Å². The molecule has 0 aliphatic rings. The first-order valence-electron chi connectivity index (χ1n) is 7.24. The van der Waals surface area contributed by atoms with E-state index >= 15 is 0 Å². The van der Waals surface area contributed by atoms with E-state index in [0.717, 1.165) is 24.2 Å². The molecule has 0 bridgehead atoms. The van der Waals surface area contributed by atoms with Gasteiger partial charge in [-0.1, -0.05) is 25.4 Å². The minimum Gasteiger partial charge on any atom is -0.496 e. The Balaban J connectivity index is 2.98. The van der Waals surface area contributed by atoms with Gasteiger partial charge >= 0.3 is 0 Å². The predicted molar refractivity (Wildman–Crippen MR) is 84.6 cm³/mol. The minimum atomic E-state index is -0.290. The van der Waals surface area contributed by atoms with E-state index in [-0.39, 0.29) is 11.6 Å². The minimum absolute atomic E-state index is 0.0928. The quantitative estimate of drug-likeness (QED) is 0.794. The van der Waals surface area contributed by atoms with Crippen LogP contribution in [0.4, 0.5) is 0 Å². The summed E-state index contributed by atoms with van der Waals surface area (Å²) in [4.78, 5) is 0. The highest BCUT2D eigenvalue weighted by molar-refractivity contribution is 6.30. The second kappa shape index (κ2) is 7.87. The number of halogens is 1. The largest absolute Gasteiger partial charge is 0.496 e. The van der Waals surface area contributed by atoms with Gasteiger partial charge in [0.05, 0.1) is 12.7 Å². The summed E-state index contributed by atoms with van der Waals surface area (Å²) < 4.78 is 11.4. The summed E-state index contributed by atoms with van der Waals surface area (Å²) in [5, 5.41) is 0.697. The summed E-state index contributed by atoms with van der Waals surface area (Å²) in [7, 11) is 1.66. The molecular weight excluding hydrogens is 274 g/mol. The first-order chi connectivity index (χ1) is 9.52. The molecule has 1 rings (SSSR count). The van der Waals surface area contributed by atoms with E-state index in [1.165, 1.54) is 0 Å². The van der Waals surface area contributed by atoms with E-state index in [4.69, 9.17) is 26.8 Å². The van der Waals surface area contributed by atoms with E-state index in [9.17, 15) is 0 Å². The number of rotatable bonds is 8. The van der Waals surface area contributed by atoms with Crippen LogP contribution < -0.4 is 10.5 Å². The fourth-order valence-electron chi connectivity index (χ4n) is 2.70. The molecule has 1 aromatic rings. The molecule has 1 atom stereocenters. The summed E-state index contributed by atoms with van der Waals surface area (Å²) in [6.07, 6.45) is 2.47. The van der Waals surface area contributed by atoms with Crippen LogP contribution in [0.15, 0.2) is 18.2 Å². The Labute approximate surface area is 127 Å². The fourth-order valence-corrected chi connectivity index (χ4v) is 2.90. The third kappa shape index (κ3) is 3.87. The van der Waals surface area contributed by atoms with E-state index in [1.54, 1.807) is 7.11 Å². The number of ether oxygens (including phenoxy) is 2. The number of methoxy groups -OCH3 is 1. The molecule has 0 heterocycles. The second-order valence-electron chi connectivity index (χ2n) is 4.97. The Bertz CT molecular complexity index is 419. The normalized spacial score (nSPS) is 13.3. The third-order valence-electron chi connectivity index (χ3n) is 3.99. The summed E-state index contributed by atoms with van der Waals surface area (Å²) >= 11 is 6.07. The SMILES string of the molecule is CCOC(CC)(CC)C(N)Cc1cc(Cl)ccc1OC. The summed E-state index contributed by atoms with van der Waals surface area (Å²) in [6.45, 7) is 6.91. The van der Waals surface area contributed by atoms with Crippen LogP contribution in [0, 0.1) is 0 Å². The lowest BCUT2D eigenvalue weighted by Crippen LogP contribution is -2.50. The van der Waals surface area contributed by atoms with Gasteiger partial charge in [0.2, 0.25) is 0 Å². The van der Waals surface area contributed by atoms with Crippen LogP contribution in [0.25, 0.3) is 0 Å². The molecule has 0 saturated heterocycles. The Morgan fingerprint density at radius 1 is 1.25 bits per heavy atom. The van der Waals surface area contributed by atoms with Crippen molar-refractivity contribution in [1.82, 2.24) is 0 Å². The molecule has 2 N–H and O–H groups in total. The Morgan fingerprint density at radius 3 is 2.40 bits per heavy atom. The third-order valence-corrected chi connectivity index (χ3v) is 4.22. The van der Waals surface area contributed by atoms with Crippen LogP contribution in [-0.4, -0.2) is 25.4 Å². The van der Waals surface area contributed by atoms with Crippen molar-refractivity contribution in [2.24, 2.45) is 5.73 Å². The summed E-state index contributed by atoms with van der Waals surface area (Å²) in [5.74, 6) is 0.822. The monoisotopic (exact) mass is 299 g/mol. The van der Waals surface area contributed by atoms with Crippen LogP contribution in [0.1, 0.15) is 39.2 Å². The highest BCUT2D eigenvalue weighted by Gasteiger charge is 2.34. The van der Waals surface area contributed by atoms with Crippen molar-refractivity contribution in [2.75, 3.05) is 13.7 Å². The molecule has 0 aliphatic heterocycles.